The number of aromatic hydroxyl groups is 2. The van der Waals surface area contributed by atoms with Crippen molar-refractivity contribution in [3.8, 4) is 17.2 Å². The summed E-state index contributed by atoms with van der Waals surface area (Å²) >= 11 is 0. The first-order valence-corrected chi connectivity index (χ1v) is 10.9. The van der Waals surface area contributed by atoms with Crippen LogP contribution in [-0.2, 0) is 11.0 Å². The number of anilines is 1. The summed E-state index contributed by atoms with van der Waals surface area (Å²) in [6.45, 7) is -0.363. The largest absolute Gasteiger partial charge is 0.506 e. The molecule has 0 spiro atoms. The van der Waals surface area contributed by atoms with Gasteiger partial charge >= 0.3 is 6.18 Å². The number of amides is 2. The van der Waals surface area contributed by atoms with Crippen LogP contribution in [0, 0.1) is 0 Å². The monoisotopic (exact) mass is 490 g/mol. The molecule has 1 aromatic carbocycles. The minimum absolute atomic E-state index is 0.0167. The molecule has 1 aliphatic carbocycles. The molecule has 1 saturated carbocycles. The van der Waals surface area contributed by atoms with Gasteiger partial charge in [-0.25, -0.2) is 4.52 Å². The minimum atomic E-state index is -4.75. The number of ether oxygens (including phenoxy) is 1. The number of halogens is 3. The first-order valence-electron chi connectivity index (χ1n) is 10.9. The van der Waals surface area contributed by atoms with E-state index in [1.165, 1.54) is 30.2 Å². The number of methoxy groups -OCH3 is 1. The average molecular weight is 490 g/mol. The van der Waals surface area contributed by atoms with Crippen molar-refractivity contribution in [3.05, 3.63) is 47.3 Å². The highest BCUT2D eigenvalue weighted by Crippen LogP contribution is 2.44. The number of phenolic OH excluding ortho intramolecular Hbond substituents is 1. The number of fused-ring (bicyclic) bond motifs is 1. The number of alkyl halides is 3. The molecule has 5 rings (SSSR count). The Balaban J connectivity index is 1.43. The standard InChI is InChI=1S/C23H21F3N4O5/c1-35-14-4-5-15(17(31)10-14)29-7-6-28(11-19(29)32)22(34)20-21(33)16-8-13(12-2-3-12)9-18(23(24,25)26)30(16)27-20/h4-5,8-10,12,31,33H,2-3,6-7,11H2,1H3. The van der Waals surface area contributed by atoms with Crippen molar-refractivity contribution in [1.29, 1.82) is 0 Å². The highest BCUT2D eigenvalue weighted by atomic mass is 19.4. The molecular weight excluding hydrogens is 469 g/mol. The lowest BCUT2D eigenvalue weighted by atomic mass is 10.1. The molecule has 12 heteroatoms. The highest BCUT2D eigenvalue weighted by Gasteiger charge is 2.39. The first kappa shape index (κ1) is 22.8. The molecule has 0 atom stereocenters. The van der Waals surface area contributed by atoms with E-state index < -0.39 is 41.7 Å². The molecule has 2 N–H and O–H groups in total. The third kappa shape index (κ3) is 3.98. The maximum absolute atomic E-state index is 13.7. The van der Waals surface area contributed by atoms with Gasteiger partial charge in [0.2, 0.25) is 5.91 Å². The number of hydrogen-bond acceptors (Lipinski definition) is 6. The lowest BCUT2D eigenvalue weighted by Gasteiger charge is -2.34. The van der Waals surface area contributed by atoms with Crippen LogP contribution in [0.4, 0.5) is 18.9 Å². The van der Waals surface area contributed by atoms with E-state index in [-0.39, 0.29) is 36.0 Å². The number of piperazine rings is 1. The number of nitrogens with zero attached hydrogens (tertiary/aromatic N) is 4. The van der Waals surface area contributed by atoms with Crippen molar-refractivity contribution < 1.29 is 37.7 Å². The molecular formula is C23H21F3N4O5. The maximum Gasteiger partial charge on any atom is 0.433 e. The Morgan fingerprint density at radius 3 is 2.49 bits per heavy atom. The molecule has 3 heterocycles. The molecule has 0 bridgehead atoms. The van der Waals surface area contributed by atoms with Crippen LogP contribution in [-0.4, -0.2) is 63.3 Å². The maximum atomic E-state index is 13.7. The van der Waals surface area contributed by atoms with Gasteiger partial charge in [-0.2, -0.15) is 18.3 Å². The summed E-state index contributed by atoms with van der Waals surface area (Å²) in [7, 11) is 1.43. The predicted molar refractivity (Wildman–Crippen MR) is 117 cm³/mol. The first-order chi connectivity index (χ1) is 16.6. The lowest BCUT2D eigenvalue weighted by molar-refractivity contribution is -0.142. The van der Waals surface area contributed by atoms with E-state index in [9.17, 15) is 33.0 Å². The zero-order chi connectivity index (χ0) is 25.1. The molecule has 9 nitrogen and oxygen atoms in total. The number of phenols is 1. The molecule has 2 aliphatic rings. The second-order valence-electron chi connectivity index (χ2n) is 8.57. The molecule has 1 aliphatic heterocycles. The Labute approximate surface area is 196 Å². The van der Waals surface area contributed by atoms with Crippen LogP contribution < -0.4 is 9.64 Å². The van der Waals surface area contributed by atoms with Crippen molar-refractivity contribution in [3.63, 3.8) is 0 Å². The number of carbonyl (C=O) groups excluding carboxylic acids is 2. The van der Waals surface area contributed by atoms with Crippen LogP contribution in [0.1, 0.15) is 40.5 Å². The summed E-state index contributed by atoms with van der Waals surface area (Å²) in [4.78, 5) is 28.3. The zero-order valence-corrected chi connectivity index (χ0v) is 18.5. The summed E-state index contributed by atoms with van der Waals surface area (Å²) in [5, 5.41) is 24.7. The second-order valence-corrected chi connectivity index (χ2v) is 8.57. The number of rotatable bonds is 4. The fourth-order valence-corrected chi connectivity index (χ4v) is 4.26. The Morgan fingerprint density at radius 2 is 1.89 bits per heavy atom. The minimum Gasteiger partial charge on any atom is -0.506 e. The summed E-state index contributed by atoms with van der Waals surface area (Å²) in [5.41, 5.74) is -1.18. The third-order valence-corrected chi connectivity index (χ3v) is 6.25. The van der Waals surface area contributed by atoms with Crippen LogP contribution >= 0.6 is 0 Å². The van der Waals surface area contributed by atoms with Crippen LogP contribution in [0.2, 0.25) is 0 Å². The molecule has 35 heavy (non-hydrogen) atoms. The molecule has 2 fully saturated rings. The van der Waals surface area contributed by atoms with E-state index in [0.29, 0.717) is 15.8 Å². The Kier molecular flexibility index (Phi) is 5.26. The van der Waals surface area contributed by atoms with Crippen LogP contribution in [0.3, 0.4) is 0 Å². The highest BCUT2D eigenvalue weighted by molar-refractivity contribution is 6.03. The van der Waals surface area contributed by atoms with Gasteiger partial charge in [-0.15, -0.1) is 0 Å². The molecule has 2 amide bonds. The summed E-state index contributed by atoms with van der Waals surface area (Å²) < 4.78 is 46.7. The summed E-state index contributed by atoms with van der Waals surface area (Å²) in [6, 6.07) is 6.84. The van der Waals surface area contributed by atoms with Gasteiger partial charge in [0.25, 0.3) is 5.91 Å². The third-order valence-electron chi connectivity index (χ3n) is 6.25. The van der Waals surface area contributed by atoms with Gasteiger partial charge < -0.3 is 24.7 Å². The van der Waals surface area contributed by atoms with E-state index in [2.05, 4.69) is 5.10 Å². The molecule has 1 saturated heterocycles. The van der Waals surface area contributed by atoms with Crippen molar-refractivity contribution >= 4 is 23.0 Å². The Hall–Kier alpha value is -3.96. The zero-order valence-electron chi connectivity index (χ0n) is 18.5. The van der Waals surface area contributed by atoms with Gasteiger partial charge in [0.1, 0.15) is 29.3 Å². The number of benzene rings is 1. The molecule has 3 aromatic rings. The Bertz CT molecular complexity index is 1350. The normalized spacial score (nSPS) is 16.7. The van der Waals surface area contributed by atoms with E-state index in [4.69, 9.17) is 4.74 Å². The van der Waals surface area contributed by atoms with Gasteiger partial charge in [-0.1, -0.05) is 0 Å². The van der Waals surface area contributed by atoms with Gasteiger partial charge in [-0.3, -0.25) is 9.59 Å². The lowest BCUT2D eigenvalue weighted by Crippen LogP contribution is -2.52. The Morgan fingerprint density at radius 1 is 1.14 bits per heavy atom. The fraction of sp³-hybridized carbons (Fsp3) is 0.348. The SMILES string of the molecule is COc1ccc(N2CCN(C(=O)c3nn4c(C(F)(F)F)cc(C5CC5)cc4c3O)CC2=O)c(O)c1. The van der Waals surface area contributed by atoms with Crippen molar-refractivity contribution in [1.82, 2.24) is 14.5 Å². The predicted octanol–water partition coefficient (Wildman–Crippen LogP) is 3.14. The van der Waals surface area contributed by atoms with Gasteiger partial charge in [-0.05, 0) is 48.6 Å². The van der Waals surface area contributed by atoms with E-state index in [0.717, 1.165) is 23.8 Å². The van der Waals surface area contributed by atoms with Crippen LogP contribution in [0.25, 0.3) is 5.52 Å². The molecule has 184 valence electrons. The van der Waals surface area contributed by atoms with Crippen LogP contribution in [0.15, 0.2) is 30.3 Å². The molecule has 0 unspecified atom stereocenters. The summed E-state index contributed by atoms with van der Waals surface area (Å²) in [6.07, 6.45) is -3.24. The van der Waals surface area contributed by atoms with E-state index in [1.54, 1.807) is 6.07 Å². The number of aromatic nitrogens is 2. The topological polar surface area (TPSA) is 108 Å². The summed E-state index contributed by atoms with van der Waals surface area (Å²) in [5.74, 6) is -1.83. The molecule has 0 radical (unpaired) electrons. The van der Waals surface area contributed by atoms with E-state index in [1.807, 2.05) is 0 Å². The van der Waals surface area contributed by atoms with Gasteiger partial charge in [0.05, 0.1) is 12.8 Å². The molecule has 2 aromatic heterocycles. The smallest absolute Gasteiger partial charge is 0.433 e. The van der Waals surface area contributed by atoms with Crippen molar-refractivity contribution in [2.45, 2.75) is 24.9 Å². The van der Waals surface area contributed by atoms with Crippen molar-refractivity contribution in [2.75, 3.05) is 31.6 Å². The average Bonchev–Trinajstić information content (AvgIpc) is 3.61. The number of hydrogen-bond donors (Lipinski definition) is 2. The number of pyridine rings is 1. The van der Waals surface area contributed by atoms with Gasteiger partial charge in [0, 0.05) is 19.2 Å². The van der Waals surface area contributed by atoms with Crippen molar-refractivity contribution in [2.24, 2.45) is 0 Å². The quantitative estimate of drug-likeness (QED) is 0.582. The second kappa shape index (κ2) is 8.07. The number of carbonyl (C=O) groups is 2. The fourth-order valence-electron chi connectivity index (χ4n) is 4.26. The van der Waals surface area contributed by atoms with Crippen LogP contribution in [0.5, 0.6) is 17.2 Å². The van der Waals surface area contributed by atoms with Gasteiger partial charge in [0.15, 0.2) is 11.4 Å². The van der Waals surface area contributed by atoms with E-state index >= 15 is 0 Å².